The standard InChI is InChI=1S/C12H16FNO3/c1-16-8-9(17-2)7-14-12(15)10-5-3-4-6-11(10)13/h3-6,9H,7-8H2,1-2H3,(H,14,15). The van der Waals surface area contributed by atoms with E-state index < -0.39 is 11.7 Å². The van der Waals surface area contributed by atoms with E-state index in [1.807, 2.05) is 0 Å². The molecule has 1 N–H and O–H groups in total. The molecule has 4 nitrogen and oxygen atoms in total. The van der Waals surface area contributed by atoms with Gasteiger partial charge >= 0.3 is 0 Å². The van der Waals surface area contributed by atoms with E-state index in [1.54, 1.807) is 13.2 Å². The van der Waals surface area contributed by atoms with Crippen molar-refractivity contribution in [1.82, 2.24) is 5.32 Å². The van der Waals surface area contributed by atoms with Crippen molar-refractivity contribution in [3.63, 3.8) is 0 Å². The number of ether oxygens (including phenoxy) is 2. The van der Waals surface area contributed by atoms with Crippen LogP contribution in [0.4, 0.5) is 4.39 Å². The number of rotatable bonds is 6. The van der Waals surface area contributed by atoms with Crippen molar-refractivity contribution in [2.45, 2.75) is 6.10 Å². The smallest absolute Gasteiger partial charge is 0.254 e. The molecular weight excluding hydrogens is 225 g/mol. The number of methoxy groups -OCH3 is 2. The molecule has 0 aliphatic heterocycles. The fourth-order valence-electron chi connectivity index (χ4n) is 1.34. The van der Waals surface area contributed by atoms with Crippen molar-refractivity contribution in [1.29, 1.82) is 0 Å². The third-order valence-corrected chi connectivity index (χ3v) is 2.29. The Balaban J connectivity index is 2.52. The van der Waals surface area contributed by atoms with E-state index in [9.17, 15) is 9.18 Å². The van der Waals surface area contributed by atoms with Crippen molar-refractivity contribution in [2.75, 3.05) is 27.4 Å². The molecule has 1 amide bonds. The SMILES string of the molecule is COCC(CNC(=O)c1ccccc1F)OC. The number of hydrogen-bond donors (Lipinski definition) is 1. The second-order valence-electron chi connectivity index (χ2n) is 3.50. The predicted octanol–water partition coefficient (Wildman–Crippen LogP) is 1.22. The Kier molecular flexibility index (Phi) is 5.59. The van der Waals surface area contributed by atoms with Crippen LogP contribution in [0.1, 0.15) is 10.4 Å². The number of amides is 1. The minimum atomic E-state index is -0.536. The molecule has 0 aromatic heterocycles. The number of halogens is 1. The van der Waals surface area contributed by atoms with Crippen LogP contribution < -0.4 is 5.32 Å². The van der Waals surface area contributed by atoms with Gasteiger partial charge in [0.15, 0.2) is 0 Å². The molecule has 5 heteroatoms. The highest BCUT2D eigenvalue weighted by Crippen LogP contribution is 2.05. The van der Waals surface area contributed by atoms with Crippen LogP contribution in [-0.4, -0.2) is 39.4 Å². The van der Waals surface area contributed by atoms with Gasteiger partial charge in [0.25, 0.3) is 5.91 Å². The lowest BCUT2D eigenvalue weighted by molar-refractivity contribution is 0.0285. The van der Waals surface area contributed by atoms with E-state index in [0.29, 0.717) is 6.61 Å². The number of carbonyl (C=O) groups excluding carboxylic acids is 1. The van der Waals surface area contributed by atoms with Crippen molar-refractivity contribution in [2.24, 2.45) is 0 Å². The molecule has 0 heterocycles. The van der Waals surface area contributed by atoms with E-state index in [0.717, 1.165) is 0 Å². The lowest BCUT2D eigenvalue weighted by Gasteiger charge is -2.15. The first-order chi connectivity index (χ1) is 8.19. The highest BCUT2D eigenvalue weighted by molar-refractivity contribution is 5.94. The first-order valence-corrected chi connectivity index (χ1v) is 5.23. The van der Waals surface area contributed by atoms with Crippen LogP contribution in [0.5, 0.6) is 0 Å². The molecule has 1 rings (SSSR count). The van der Waals surface area contributed by atoms with Gasteiger partial charge in [0.05, 0.1) is 18.3 Å². The summed E-state index contributed by atoms with van der Waals surface area (Å²) in [4.78, 5) is 11.6. The number of hydrogen-bond acceptors (Lipinski definition) is 3. The molecule has 1 aromatic rings. The molecule has 1 unspecified atom stereocenters. The summed E-state index contributed by atoms with van der Waals surface area (Å²) in [5.74, 6) is -0.994. The van der Waals surface area contributed by atoms with E-state index >= 15 is 0 Å². The largest absolute Gasteiger partial charge is 0.382 e. The highest BCUT2D eigenvalue weighted by atomic mass is 19.1. The third kappa shape index (κ3) is 4.13. The summed E-state index contributed by atoms with van der Waals surface area (Å²) in [5, 5.41) is 2.59. The van der Waals surface area contributed by atoms with Crippen LogP contribution in [0.25, 0.3) is 0 Å². The van der Waals surface area contributed by atoms with E-state index in [2.05, 4.69) is 5.32 Å². The predicted molar refractivity (Wildman–Crippen MR) is 61.4 cm³/mol. The monoisotopic (exact) mass is 241 g/mol. The topological polar surface area (TPSA) is 47.6 Å². The molecule has 17 heavy (non-hydrogen) atoms. The summed E-state index contributed by atoms with van der Waals surface area (Å²) in [6.45, 7) is 0.644. The number of nitrogens with one attached hydrogen (secondary N) is 1. The zero-order chi connectivity index (χ0) is 12.7. The van der Waals surface area contributed by atoms with Gasteiger partial charge in [-0.25, -0.2) is 4.39 Å². The van der Waals surface area contributed by atoms with Crippen LogP contribution in [0.2, 0.25) is 0 Å². The molecule has 1 atom stereocenters. The zero-order valence-corrected chi connectivity index (χ0v) is 9.90. The summed E-state index contributed by atoms with van der Waals surface area (Å²) < 4.78 is 23.3. The van der Waals surface area contributed by atoms with Crippen LogP contribution in [-0.2, 0) is 9.47 Å². The van der Waals surface area contributed by atoms with Crippen molar-refractivity contribution < 1.29 is 18.7 Å². The summed E-state index contributed by atoms with van der Waals surface area (Å²) in [6.07, 6.45) is -0.240. The van der Waals surface area contributed by atoms with Crippen molar-refractivity contribution in [3.05, 3.63) is 35.6 Å². The minimum Gasteiger partial charge on any atom is -0.382 e. The van der Waals surface area contributed by atoms with Crippen molar-refractivity contribution in [3.8, 4) is 0 Å². The van der Waals surface area contributed by atoms with Gasteiger partial charge in [0.1, 0.15) is 5.82 Å². The molecular formula is C12H16FNO3. The Morgan fingerprint density at radius 1 is 1.41 bits per heavy atom. The summed E-state index contributed by atoms with van der Waals surface area (Å²) in [5.41, 5.74) is 0.0276. The maximum atomic E-state index is 13.3. The average Bonchev–Trinajstić information content (AvgIpc) is 2.34. The molecule has 0 saturated carbocycles. The molecule has 1 aromatic carbocycles. The molecule has 0 bridgehead atoms. The Morgan fingerprint density at radius 3 is 2.71 bits per heavy atom. The Bertz CT molecular complexity index is 371. The van der Waals surface area contributed by atoms with Crippen LogP contribution in [0.15, 0.2) is 24.3 Å². The first-order valence-electron chi connectivity index (χ1n) is 5.23. The van der Waals surface area contributed by atoms with Crippen molar-refractivity contribution >= 4 is 5.91 Å². The maximum Gasteiger partial charge on any atom is 0.254 e. The first kappa shape index (κ1) is 13.6. The summed E-state index contributed by atoms with van der Waals surface area (Å²) in [7, 11) is 3.07. The molecule has 0 spiro atoms. The fourth-order valence-corrected chi connectivity index (χ4v) is 1.34. The van der Waals surface area contributed by atoms with Gasteiger partial charge in [-0.3, -0.25) is 4.79 Å². The molecule has 94 valence electrons. The Hall–Kier alpha value is -1.46. The van der Waals surface area contributed by atoms with E-state index in [4.69, 9.17) is 9.47 Å². The zero-order valence-electron chi connectivity index (χ0n) is 9.90. The average molecular weight is 241 g/mol. The molecule has 0 saturated heterocycles. The lowest BCUT2D eigenvalue weighted by Crippen LogP contribution is -2.35. The van der Waals surface area contributed by atoms with Gasteiger partial charge in [-0.05, 0) is 12.1 Å². The molecule has 0 aliphatic rings. The number of benzene rings is 1. The van der Waals surface area contributed by atoms with Gasteiger partial charge < -0.3 is 14.8 Å². The van der Waals surface area contributed by atoms with Crippen LogP contribution >= 0.6 is 0 Å². The molecule has 0 aliphatic carbocycles. The van der Waals surface area contributed by atoms with Crippen LogP contribution in [0.3, 0.4) is 0 Å². The summed E-state index contributed by atoms with van der Waals surface area (Å²) >= 11 is 0. The van der Waals surface area contributed by atoms with Gasteiger partial charge in [-0.1, -0.05) is 12.1 Å². The van der Waals surface area contributed by atoms with Gasteiger partial charge in [-0.15, -0.1) is 0 Å². The maximum absolute atomic E-state index is 13.3. The number of carbonyl (C=O) groups is 1. The van der Waals surface area contributed by atoms with Gasteiger partial charge in [0.2, 0.25) is 0 Å². The Labute approximate surface area is 99.7 Å². The third-order valence-electron chi connectivity index (χ3n) is 2.29. The Morgan fingerprint density at radius 2 is 2.12 bits per heavy atom. The highest BCUT2D eigenvalue weighted by Gasteiger charge is 2.13. The fraction of sp³-hybridized carbons (Fsp3) is 0.417. The molecule has 0 radical (unpaired) electrons. The quantitative estimate of drug-likeness (QED) is 0.814. The normalized spacial score (nSPS) is 12.2. The molecule has 0 fully saturated rings. The lowest BCUT2D eigenvalue weighted by atomic mass is 10.2. The summed E-state index contributed by atoms with van der Waals surface area (Å²) in [6, 6.07) is 5.83. The second-order valence-corrected chi connectivity index (χ2v) is 3.50. The second kappa shape index (κ2) is 6.98. The van der Waals surface area contributed by atoms with E-state index in [-0.39, 0.29) is 18.2 Å². The van der Waals surface area contributed by atoms with E-state index in [1.165, 1.54) is 25.3 Å². The van der Waals surface area contributed by atoms with Crippen LogP contribution in [0, 0.1) is 5.82 Å². The van der Waals surface area contributed by atoms with Gasteiger partial charge in [0, 0.05) is 20.8 Å². The minimum absolute atomic E-state index is 0.0276. The van der Waals surface area contributed by atoms with Gasteiger partial charge in [-0.2, -0.15) is 0 Å².